The summed E-state index contributed by atoms with van der Waals surface area (Å²) in [4.78, 5) is 28.7. The molecule has 1 aliphatic rings. The van der Waals surface area contributed by atoms with Crippen molar-refractivity contribution in [1.82, 2.24) is 15.8 Å². The van der Waals surface area contributed by atoms with Gasteiger partial charge in [-0.3, -0.25) is 4.79 Å². The van der Waals surface area contributed by atoms with E-state index < -0.39 is 60.6 Å². The Morgan fingerprint density at radius 3 is 2.03 bits per heavy atom. The van der Waals surface area contributed by atoms with Crippen LogP contribution in [0.2, 0.25) is 0 Å². The molecule has 4 unspecified atom stereocenters. The second kappa shape index (κ2) is 10.5. The second-order valence-electron chi connectivity index (χ2n) is 8.65. The molecule has 0 aromatic rings. The van der Waals surface area contributed by atoms with Crippen LogP contribution in [-0.4, -0.2) is 97.0 Å². The lowest BCUT2D eigenvalue weighted by Crippen LogP contribution is -2.61. The number of nitrogens with one attached hydrogen (secondary N) is 2. The number of hydrogen-bond donors (Lipinski definition) is 7. The lowest BCUT2D eigenvalue weighted by Gasteiger charge is -2.50. The maximum Gasteiger partial charge on any atom is 0.335 e. The molecule has 174 valence electrons. The van der Waals surface area contributed by atoms with Crippen LogP contribution in [0.4, 0.5) is 4.79 Å². The van der Waals surface area contributed by atoms with Crippen molar-refractivity contribution in [2.24, 2.45) is 5.10 Å². The molecule has 0 radical (unpaired) electrons. The Balaban J connectivity index is 2.64. The van der Waals surface area contributed by atoms with E-state index in [1.165, 1.54) is 6.92 Å². The van der Waals surface area contributed by atoms with Gasteiger partial charge in [-0.25, -0.2) is 10.2 Å². The molecule has 4 atom stereocenters. The molecule has 0 aromatic heterocycles. The van der Waals surface area contributed by atoms with Crippen molar-refractivity contribution in [3.05, 3.63) is 0 Å². The Bertz CT molecular complexity index is 620. The molecule has 1 rings (SSSR count). The van der Waals surface area contributed by atoms with Gasteiger partial charge in [0.05, 0.1) is 23.8 Å². The minimum absolute atomic E-state index is 0.425. The zero-order chi connectivity index (χ0) is 23.3. The van der Waals surface area contributed by atoms with E-state index in [0.29, 0.717) is 18.6 Å². The van der Waals surface area contributed by atoms with Gasteiger partial charge < -0.3 is 35.7 Å². The van der Waals surface area contributed by atoms with Crippen LogP contribution in [0.25, 0.3) is 0 Å². The summed E-state index contributed by atoms with van der Waals surface area (Å²) in [6.07, 6.45) is -5.90. The molecule has 0 spiro atoms. The van der Waals surface area contributed by atoms with E-state index in [1.54, 1.807) is 5.06 Å². The van der Waals surface area contributed by atoms with Crippen LogP contribution in [-0.2, 0) is 9.63 Å². The van der Waals surface area contributed by atoms with E-state index in [2.05, 4.69) is 15.8 Å². The van der Waals surface area contributed by atoms with Gasteiger partial charge in [0.25, 0.3) is 0 Å². The molecule has 12 heteroatoms. The first-order valence-corrected chi connectivity index (χ1v) is 9.62. The van der Waals surface area contributed by atoms with Gasteiger partial charge in [-0.2, -0.15) is 5.10 Å². The summed E-state index contributed by atoms with van der Waals surface area (Å²) in [5.41, 5.74) is 1.86. The van der Waals surface area contributed by atoms with Crippen LogP contribution in [0, 0.1) is 0 Å². The number of aliphatic hydroxyl groups is 5. The van der Waals surface area contributed by atoms with Crippen molar-refractivity contribution >= 4 is 17.7 Å². The topological polar surface area (TPSA) is 184 Å². The summed E-state index contributed by atoms with van der Waals surface area (Å²) >= 11 is 0. The molecule has 1 fully saturated rings. The highest BCUT2D eigenvalue weighted by atomic mass is 16.7. The zero-order valence-electron chi connectivity index (χ0n) is 18.0. The fraction of sp³-hybridized carbons (Fsp3) is 0.833. The van der Waals surface area contributed by atoms with Gasteiger partial charge in [-0.15, -0.1) is 5.06 Å². The van der Waals surface area contributed by atoms with Crippen molar-refractivity contribution in [3.63, 3.8) is 0 Å². The molecule has 0 aliphatic carbocycles. The standard InChI is InChI=1S/C18H34N4O8/c1-10(24)30-22-17(2,3)6-11(7-18(22,4)5)20-21-16(29)19-8-12(25)14(27)15(28)13(26)9-23/h12-15,23,25-28H,6-9H2,1-5H3,(H2,19,21,29). The summed E-state index contributed by atoms with van der Waals surface area (Å²) in [5, 5.41) is 55.2. The Morgan fingerprint density at radius 2 is 1.57 bits per heavy atom. The first-order valence-electron chi connectivity index (χ1n) is 9.62. The number of hydrogen-bond acceptors (Lipinski definition) is 10. The number of carbonyl (C=O) groups is 2. The summed E-state index contributed by atoms with van der Waals surface area (Å²) in [7, 11) is 0. The first kappa shape index (κ1) is 26.2. The van der Waals surface area contributed by atoms with Crippen LogP contribution < -0.4 is 10.7 Å². The second-order valence-corrected chi connectivity index (χ2v) is 8.65. The number of aliphatic hydroxyl groups excluding tert-OH is 5. The van der Waals surface area contributed by atoms with E-state index in [0.717, 1.165) is 0 Å². The van der Waals surface area contributed by atoms with Crippen LogP contribution in [0.1, 0.15) is 47.5 Å². The summed E-state index contributed by atoms with van der Waals surface area (Å²) in [5.74, 6) is -0.425. The number of carbonyl (C=O) groups excluding carboxylic acids is 2. The van der Waals surface area contributed by atoms with Gasteiger partial charge in [0, 0.05) is 32.0 Å². The van der Waals surface area contributed by atoms with E-state index in [4.69, 9.17) is 9.94 Å². The van der Waals surface area contributed by atoms with Crippen LogP contribution in [0.15, 0.2) is 5.10 Å². The number of nitrogens with zero attached hydrogens (tertiary/aromatic N) is 2. The van der Waals surface area contributed by atoms with E-state index in [9.17, 15) is 30.0 Å². The van der Waals surface area contributed by atoms with Crippen LogP contribution in [0.5, 0.6) is 0 Å². The van der Waals surface area contributed by atoms with Crippen molar-refractivity contribution in [2.45, 2.75) is 83.0 Å². The lowest BCUT2D eigenvalue weighted by molar-refractivity contribution is -0.253. The predicted octanol–water partition coefficient (Wildman–Crippen LogP) is -1.79. The third kappa shape index (κ3) is 7.15. The third-order valence-corrected chi connectivity index (χ3v) is 4.71. The summed E-state index contributed by atoms with van der Waals surface area (Å²) < 4.78 is 0. The van der Waals surface area contributed by atoms with Gasteiger partial charge >= 0.3 is 12.0 Å². The molecular weight excluding hydrogens is 400 g/mol. The molecule has 2 amide bonds. The number of rotatable bonds is 8. The molecule has 1 heterocycles. The predicted molar refractivity (Wildman–Crippen MR) is 106 cm³/mol. The smallest absolute Gasteiger partial charge is 0.335 e. The maximum absolute atomic E-state index is 12.0. The van der Waals surface area contributed by atoms with Gasteiger partial charge in [-0.05, 0) is 27.7 Å². The fourth-order valence-corrected chi connectivity index (χ4v) is 3.53. The molecule has 1 aliphatic heterocycles. The average molecular weight is 434 g/mol. The Hall–Kier alpha value is -1.83. The van der Waals surface area contributed by atoms with E-state index in [1.807, 2.05) is 27.7 Å². The van der Waals surface area contributed by atoms with Crippen molar-refractivity contribution < 1.29 is 40.0 Å². The molecule has 7 N–H and O–H groups in total. The minimum atomic E-state index is -1.78. The van der Waals surface area contributed by atoms with Crippen LogP contribution in [0.3, 0.4) is 0 Å². The van der Waals surface area contributed by atoms with E-state index >= 15 is 0 Å². The van der Waals surface area contributed by atoms with Crippen molar-refractivity contribution in [3.8, 4) is 0 Å². The maximum atomic E-state index is 12.0. The third-order valence-electron chi connectivity index (χ3n) is 4.71. The Kier molecular flexibility index (Phi) is 9.14. The molecule has 0 bridgehead atoms. The van der Waals surface area contributed by atoms with Crippen molar-refractivity contribution in [1.29, 1.82) is 0 Å². The van der Waals surface area contributed by atoms with E-state index in [-0.39, 0.29) is 0 Å². The first-order chi connectivity index (χ1) is 13.7. The number of urea groups is 1. The quantitative estimate of drug-likeness (QED) is 0.217. The Labute approximate surface area is 175 Å². The number of hydroxylamine groups is 2. The summed E-state index contributed by atoms with van der Waals surface area (Å²) in [6.45, 7) is 7.65. The normalized spacial score (nSPS) is 22.4. The van der Waals surface area contributed by atoms with Gasteiger partial charge in [0.15, 0.2) is 0 Å². The summed E-state index contributed by atoms with van der Waals surface area (Å²) in [6, 6.07) is -0.746. The molecule has 0 aromatic carbocycles. The largest absolute Gasteiger partial charge is 0.394 e. The molecule has 12 nitrogen and oxygen atoms in total. The van der Waals surface area contributed by atoms with Crippen molar-refractivity contribution in [2.75, 3.05) is 13.2 Å². The highest BCUT2D eigenvalue weighted by molar-refractivity contribution is 5.88. The fourth-order valence-electron chi connectivity index (χ4n) is 3.53. The lowest BCUT2D eigenvalue weighted by atomic mass is 9.81. The van der Waals surface area contributed by atoms with Gasteiger partial charge in [-0.1, -0.05) is 0 Å². The number of piperidine rings is 1. The average Bonchev–Trinajstić information content (AvgIpc) is 2.64. The minimum Gasteiger partial charge on any atom is -0.394 e. The van der Waals surface area contributed by atoms with Gasteiger partial charge in [0.2, 0.25) is 0 Å². The van der Waals surface area contributed by atoms with Gasteiger partial charge in [0.1, 0.15) is 18.3 Å². The molecule has 1 saturated heterocycles. The SMILES string of the molecule is CC(=O)ON1C(C)(C)CC(=NNC(=O)NCC(O)C(O)C(O)C(O)CO)CC1(C)C. The Morgan fingerprint density at radius 1 is 1.07 bits per heavy atom. The zero-order valence-corrected chi connectivity index (χ0v) is 18.0. The number of amides is 2. The monoisotopic (exact) mass is 434 g/mol. The van der Waals surface area contributed by atoms with Crippen LogP contribution >= 0.6 is 0 Å². The number of hydrazone groups is 1. The highest BCUT2D eigenvalue weighted by Crippen LogP contribution is 2.37. The highest BCUT2D eigenvalue weighted by Gasteiger charge is 2.46. The molecular formula is C18H34N4O8. The molecule has 0 saturated carbocycles. The molecule has 30 heavy (non-hydrogen) atoms.